The lowest BCUT2D eigenvalue weighted by Gasteiger charge is -2.09. The Morgan fingerprint density at radius 1 is 1.12 bits per heavy atom. The van der Waals surface area contributed by atoms with Crippen LogP contribution in [0, 0.1) is 12.7 Å². The Morgan fingerprint density at radius 2 is 1.92 bits per heavy atom. The van der Waals surface area contributed by atoms with E-state index >= 15 is 0 Å². The number of carbonyl (C=O) groups is 1. The first-order chi connectivity index (χ1) is 12.1. The van der Waals surface area contributed by atoms with Crippen LogP contribution in [-0.4, -0.2) is 20.9 Å². The summed E-state index contributed by atoms with van der Waals surface area (Å²) in [5, 5.41) is 5.54. The first kappa shape index (κ1) is 16.5. The van der Waals surface area contributed by atoms with Crippen LogP contribution in [0.1, 0.15) is 21.9 Å². The molecule has 0 atom stereocenters. The van der Waals surface area contributed by atoms with Crippen molar-refractivity contribution in [2.45, 2.75) is 13.5 Å². The Hall–Kier alpha value is -3.35. The Bertz CT molecular complexity index is 886. The summed E-state index contributed by atoms with van der Waals surface area (Å²) in [6.45, 7) is 2.03. The minimum absolute atomic E-state index is 0.160. The van der Waals surface area contributed by atoms with Gasteiger partial charge in [0.2, 0.25) is 5.95 Å². The highest BCUT2D eigenvalue weighted by atomic mass is 19.1. The van der Waals surface area contributed by atoms with E-state index < -0.39 is 5.82 Å². The van der Waals surface area contributed by atoms with Crippen molar-refractivity contribution in [3.8, 4) is 0 Å². The average molecular weight is 337 g/mol. The molecule has 1 aromatic carbocycles. The number of aromatic nitrogens is 3. The van der Waals surface area contributed by atoms with Crippen LogP contribution in [0.3, 0.4) is 0 Å². The summed E-state index contributed by atoms with van der Waals surface area (Å²) < 4.78 is 13.7. The number of anilines is 2. The van der Waals surface area contributed by atoms with E-state index in [1.807, 2.05) is 12.1 Å². The molecule has 0 bridgehead atoms. The third-order valence-corrected chi connectivity index (χ3v) is 3.36. The molecular weight excluding hydrogens is 321 g/mol. The average Bonchev–Trinajstić information content (AvgIpc) is 2.62. The molecule has 0 aliphatic rings. The molecule has 126 valence electrons. The first-order valence-electron chi connectivity index (χ1n) is 7.67. The molecule has 0 aliphatic heterocycles. The van der Waals surface area contributed by atoms with Crippen LogP contribution in [-0.2, 0) is 6.54 Å². The van der Waals surface area contributed by atoms with Gasteiger partial charge in [-0.3, -0.25) is 9.78 Å². The number of hydrogen-bond donors (Lipinski definition) is 2. The predicted molar refractivity (Wildman–Crippen MR) is 91.9 cm³/mol. The molecule has 0 saturated carbocycles. The molecule has 0 spiro atoms. The molecule has 7 heteroatoms. The summed E-state index contributed by atoms with van der Waals surface area (Å²) in [5.74, 6) is -0.616. The summed E-state index contributed by atoms with van der Waals surface area (Å²) in [6.07, 6.45) is 1.66. The number of hydrogen-bond acceptors (Lipinski definition) is 5. The fourth-order valence-electron chi connectivity index (χ4n) is 2.19. The van der Waals surface area contributed by atoms with Crippen LogP contribution in [0.15, 0.2) is 54.7 Å². The molecule has 2 aromatic heterocycles. The van der Waals surface area contributed by atoms with E-state index in [1.54, 1.807) is 43.5 Å². The van der Waals surface area contributed by atoms with E-state index in [-0.39, 0.29) is 23.2 Å². The maximum atomic E-state index is 13.7. The van der Waals surface area contributed by atoms with Gasteiger partial charge in [0.15, 0.2) is 0 Å². The normalized spacial score (nSPS) is 10.3. The zero-order valence-electron chi connectivity index (χ0n) is 13.5. The van der Waals surface area contributed by atoms with Crippen LogP contribution >= 0.6 is 0 Å². The predicted octanol–water partition coefficient (Wildman–Crippen LogP) is 2.99. The third-order valence-electron chi connectivity index (χ3n) is 3.36. The standard InChI is InChI=1S/C18H16FN5O/c1-12-10-16(17(25)21-11-13-6-4-5-9-20-13)24-18(22-12)23-15-8-3-2-7-14(15)19/h2-10H,11H2,1H3,(H,21,25)(H,22,23,24). The van der Waals surface area contributed by atoms with E-state index in [0.29, 0.717) is 12.2 Å². The number of rotatable bonds is 5. The van der Waals surface area contributed by atoms with E-state index in [1.165, 1.54) is 6.07 Å². The summed E-state index contributed by atoms with van der Waals surface area (Å²) >= 11 is 0. The summed E-state index contributed by atoms with van der Waals surface area (Å²) in [5.41, 5.74) is 1.78. The Labute approximate surface area is 144 Å². The van der Waals surface area contributed by atoms with Gasteiger partial charge in [-0.1, -0.05) is 18.2 Å². The number of benzene rings is 1. The summed E-state index contributed by atoms with van der Waals surface area (Å²) in [4.78, 5) is 24.8. The minimum Gasteiger partial charge on any atom is -0.345 e. The zero-order valence-corrected chi connectivity index (χ0v) is 13.5. The minimum atomic E-state index is -0.422. The van der Waals surface area contributed by atoms with E-state index in [2.05, 4.69) is 25.6 Å². The molecule has 25 heavy (non-hydrogen) atoms. The molecule has 3 aromatic rings. The molecule has 0 saturated heterocycles. The lowest BCUT2D eigenvalue weighted by Crippen LogP contribution is -2.24. The van der Waals surface area contributed by atoms with Gasteiger partial charge in [-0.05, 0) is 37.3 Å². The van der Waals surface area contributed by atoms with Crippen LogP contribution in [0.25, 0.3) is 0 Å². The molecule has 0 aliphatic carbocycles. The van der Waals surface area contributed by atoms with E-state index in [4.69, 9.17) is 0 Å². The van der Waals surface area contributed by atoms with Crippen molar-refractivity contribution in [2.75, 3.05) is 5.32 Å². The van der Waals surface area contributed by atoms with Crippen LogP contribution in [0.4, 0.5) is 16.0 Å². The van der Waals surface area contributed by atoms with Crippen LogP contribution in [0.5, 0.6) is 0 Å². The SMILES string of the molecule is Cc1cc(C(=O)NCc2ccccn2)nc(Nc2ccccc2F)n1. The maximum Gasteiger partial charge on any atom is 0.270 e. The van der Waals surface area contributed by atoms with Gasteiger partial charge in [-0.25, -0.2) is 14.4 Å². The van der Waals surface area contributed by atoms with Crippen molar-refractivity contribution in [3.63, 3.8) is 0 Å². The second kappa shape index (κ2) is 7.48. The number of para-hydroxylation sites is 1. The second-order valence-electron chi connectivity index (χ2n) is 5.33. The van der Waals surface area contributed by atoms with Gasteiger partial charge in [0.25, 0.3) is 5.91 Å². The summed E-state index contributed by atoms with van der Waals surface area (Å²) in [6, 6.07) is 13.2. The Kier molecular flexibility index (Phi) is 4.94. The van der Waals surface area contributed by atoms with Gasteiger partial charge in [0, 0.05) is 11.9 Å². The van der Waals surface area contributed by atoms with Crippen molar-refractivity contribution < 1.29 is 9.18 Å². The van der Waals surface area contributed by atoms with Crippen LogP contribution < -0.4 is 10.6 Å². The largest absolute Gasteiger partial charge is 0.345 e. The number of nitrogens with zero attached hydrogens (tertiary/aromatic N) is 3. The van der Waals surface area contributed by atoms with Crippen molar-refractivity contribution >= 4 is 17.5 Å². The van der Waals surface area contributed by atoms with Crippen molar-refractivity contribution in [3.05, 3.63) is 77.6 Å². The molecule has 6 nitrogen and oxygen atoms in total. The van der Waals surface area contributed by atoms with Gasteiger partial charge < -0.3 is 10.6 Å². The van der Waals surface area contributed by atoms with Gasteiger partial charge in [0.05, 0.1) is 17.9 Å². The topological polar surface area (TPSA) is 79.8 Å². The number of nitrogens with one attached hydrogen (secondary N) is 2. The molecule has 2 N–H and O–H groups in total. The lowest BCUT2D eigenvalue weighted by atomic mass is 10.3. The van der Waals surface area contributed by atoms with Gasteiger partial charge in [0.1, 0.15) is 11.5 Å². The highest BCUT2D eigenvalue weighted by Gasteiger charge is 2.12. The molecule has 1 amide bonds. The highest BCUT2D eigenvalue weighted by Crippen LogP contribution is 2.17. The van der Waals surface area contributed by atoms with Crippen molar-refractivity contribution in [1.29, 1.82) is 0 Å². The second-order valence-corrected chi connectivity index (χ2v) is 5.33. The molecule has 3 rings (SSSR count). The zero-order chi connectivity index (χ0) is 17.6. The monoisotopic (exact) mass is 337 g/mol. The smallest absolute Gasteiger partial charge is 0.270 e. The molecule has 0 fully saturated rings. The van der Waals surface area contributed by atoms with Gasteiger partial charge in [-0.2, -0.15) is 0 Å². The molecular formula is C18H16FN5O. The number of pyridine rings is 1. The van der Waals surface area contributed by atoms with Crippen LogP contribution in [0.2, 0.25) is 0 Å². The fraction of sp³-hybridized carbons (Fsp3) is 0.111. The van der Waals surface area contributed by atoms with Gasteiger partial charge in [-0.15, -0.1) is 0 Å². The number of amides is 1. The quantitative estimate of drug-likeness (QED) is 0.748. The number of halogens is 1. The summed E-state index contributed by atoms with van der Waals surface area (Å²) in [7, 11) is 0. The number of carbonyl (C=O) groups excluding carboxylic acids is 1. The van der Waals surface area contributed by atoms with E-state index in [9.17, 15) is 9.18 Å². The van der Waals surface area contributed by atoms with Crippen molar-refractivity contribution in [2.24, 2.45) is 0 Å². The third kappa shape index (κ3) is 4.35. The Balaban J connectivity index is 1.74. The molecule has 2 heterocycles. The highest BCUT2D eigenvalue weighted by molar-refractivity contribution is 5.92. The lowest BCUT2D eigenvalue weighted by molar-refractivity contribution is 0.0945. The maximum absolute atomic E-state index is 13.7. The Morgan fingerprint density at radius 3 is 2.68 bits per heavy atom. The van der Waals surface area contributed by atoms with E-state index in [0.717, 1.165) is 5.69 Å². The molecule has 0 unspecified atom stereocenters. The fourth-order valence-corrected chi connectivity index (χ4v) is 2.19. The van der Waals surface area contributed by atoms with Gasteiger partial charge >= 0.3 is 0 Å². The first-order valence-corrected chi connectivity index (χ1v) is 7.67. The number of aryl methyl sites for hydroxylation is 1. The van der Waals surface area contributed by atoms with Crippen molar-refractivity contribution in [1.82, 2.24) is 20.3 Å². The molecule has 0 radical (unpaired) electrons.